The number of carbonyl (C=O) groups is 2. The molecule has 0 bridgehead atoms. The van der Waals surface area contributed by atoms with Gasteiger partial charge in [-0.05, 0) is 83.5 Å². The number of nitrogens with zero attached hydrogens (tertiary/aromatic N) is 1. The maximum absolute atomic E-state index is 12.7. The normalized spacial score (nSPS) is 15.1. The summed E-state index contributed by atoms with van der Waals surface area (Å²) in [5.74, 6) is -0.967. The Bertz CT molecular complexity index is 1310. The van der Waals surface area contributed by atoms with Crippen molar-refractivity contribution in [2.45, 2.75) is 135 Å². The van der Waals surface area contributed by atoms with Crippen LogP contribution in [0.1, 0.15) is 123 Å². The minimum Gasteiger partial charge on any atom is -0.462 e. The SMILES string of the molecule is CC/C=C\C/C=C\C/C=C\C/C=C\CCCCC(=O)OC[C@H](COP(=O)(O)OCC[N+](C)(C)C)OC(=O)CCC/C=C/C/C=C\C[C@@H](O)/C=C\C=C/CCCCC. The molecule has 3 atom stereocenters. The van der Waals surface area contributed by atoms with Crippen LogP contribution < -0.4 is 0 Å². The first-order valence-corrected chi connectivity index (χ1v) is 22.6. The van der Waals surface area contributed by atoms with Crippen molar-refractivity contribution in [3.05, 3.63) is 97.2 Å². The monoisotopic (exact) mass is 819 g/mol. The Labute approximate surface area is 346 Å². The molecule has 2 N–H and O–H groups in total. The molecule has 0 aliphatic heterocycles. The number of carbonyl (C=O) groups excluding carboxylic acids is 2. The lowest BCUT2D eigenvalue weighted by atomic mass is 10.2. The molecule has 0 aromatic rings. The van der Waals surface area contributed by atoms with Gasteiger partial charge < -0.3 is 24.0 Å². The van der Waals surface area contributed by atoms with E-state index in [2.05, 4.69) is 68.5 Å². The summed E-state index contributed by atoms with van der Waals surface area (Å²) < 4.78 is 34.1. The number of likely N-dealkylation sites (N-methyl/N-ethyl adjacent to an activating group) is 1. The van der Waals surface area contributed by atoms with Crippen molar-refractivity contribution in [3.63, 3.8) is 0 Å². The molecule has 57 heavy (non-hydrogen) atoms. The molecule has 0 amide bonds. The van der Waals surface area contributed by atoms with Gasteiger partial charge in [0.1, 0.15) is 19.8 Å². The number of allylic oxidation sites excluding steroid dienone is 14. The number of phosphoric ester groups is 1. The van der Waals surface area contributed by atoms with Crippen LogP contribution in [0.5, 0.6) is 0 Å². The van der Waals surface area contributed by atoms with Gasteiger partial charge in [0.2, 0.25) is 0 Å². The summed E-state index contributed by atoms with van der Waals surface area (Å²) in [4.78, 5) is 35.3. The van der Waals surface area contributed by atoms with Crippen molar-refractivity contribution in [2.24, 2.45) is 0 Å². The third-order valence-electron chi connectivity index (χ3n) is 8.18. The summed E-state index contributed by atoms with van der Waals surface area (Å²) in [6, 6.07) is 0. The molecule has 11 heteroatoms. The number of phosphoric acid groups is 1. The van der Waals surface area contributed by atoms with Crippen molar-refractivity contribution in [2.75, 3.05) is 47.5 Å². The predicted molar refractivity (Wildman–Crippen MR) is 234 cm³/mol. The van der Waals surface area contributed by atoms with Crippen LogP contribution in [0.15, 0.2) is 97.2 Å². The van der Waals surface area contributed by atoms with E-state index in [1.807, 2.05) is 57.6 Å². The van der Waals surface area contributed by atoms with Gasteiger partial charge in [-0.1, -0.05) is 124 Å². The van der Waals surface area contributed by atoms with Crippen LogP contribution in [0.2, 0.25) is 0 Å². The van der Waals surface area contributed by atoms with E-state index in [9.17, 15) is 24.2 Å². The van der Waals surface area contributed by atoms with Crippen LogP contribution in [-0.2, 0) is 32.7 Å². The molecular formula is C46H77NO9P+. The Kier molecular flexibility index (Phi) is 35.2. The fraction of sp³-hybridized carbons (Fsp3) is 0.609. The molecule has 0 fully saturated rings. The third-order valence-corrected chi connectivity index (χ3v) is 9.16. The minimum absolute atomic E-state index is 0.00262. The molecule has 0 aromatic heterocycles. The minimum atomic E-state index is -4.42. The van der Waals surface area contributed by atoms with Crippen LogP contribution in [0.3, 0.4) is 0 Å². The Balaban J connectivity index is 4.64. The Morgan fingerprint density at radius 2 is 1.21 bits per heavy atom. The van der Waals surface area contributed by atoms with Gasteiger partial charge in [-0.2, -0.15) is 0 Å². The molecule has 0 aliphatic carbocycles. The second-order valence-corrected chi connectivity index (χ2v) is 16.3. The van der Waals surface area contributed by atoms with Gasteiger partial charge >= 0.3 is 19.8 Å². The van der Waals surface area contributed by atoms with Gasteiger partial charge in [-0.15, -0.1) is 0 Å². The summed E-state index contributed by atoms with van der Waals surface area (Å²) >= 11 is 0. The highest BCUT2D eigenvalue weighted by atomic mass is 31.2. The zero-order valence-corrected chi connectivity index (χ0v) is 36.8. The number of ether oxygens (including phenoxy) is 2. The third kappa shape index (κ3) is 40.9. The molecule has 0 radical (unpaired) electrons. The first kappa shape index (κ1) is 53.9. The van der Waals surface area contributed by atoms with Crippen LogP contribution >= 0.6 is 7.82 Å². The first-order chi connectivity index (χ1) is 27.4. The number of hydrogen-bond donors (Lipinski definition) is 2. The maximum Gasteiger partial charge on any atom is 0.472 e. The van der Waals surface area contributed by atoms with Crippen molar-refractivity contribution >= 4 is 19.8 Å². The lowest BCUT2D eigenvalue weighted by Crippen LogP contribution is -2.37. The quantitative estimate of drug-likeness (QED) is 0.0159. The molecule has 10 nitrogen and oxygen atoms in total. The van der Waals surface area contributed by atoms with E-state index in [-0.39, 0.29) is 26.1 Å². The molecule has 0 saturated carbocycles. The van der Waals surface area contributed by atoms with Gasteiger partial charge in [-0.25, -0.2) is 4.57 Å². The van der Waals surface area contributed by atoms with E-state index >= 15 is 0 Å². The van der Waals surface area contributed by atoms with Gasteiger partial charge in [0.15, 0.2) is 6.10 Å². The largest absolute Gasteiger partial charge is 0.472 e. The second kappa shape index (κ2) is 37.2. The van der Waals surface area contributed by atoms with Crippen LogP contribution in [0.25, 0.3) is 0 Å². The molecular weight excluding hydrogens is 741 g/mol. The van der Waals surface area contributed by atoms with Crippen LogP contribution in [0.4, 0.5) is 0 Å². The smallest absolute Gasteiger partial charge is 0.462 e. The highest BCUT2D eigenvalue weighted by molar-refractivity contribution is 7.47. The van der Waals surface area contributed by atoms with Crippen molar-refractivity contribution in [3.8, 4) is 0 Å². The number of unbranched alkanes of at least 4 members (excludes halogenated alkanes) is 6. The zero-order valence-electron chi connectivity index (χ0n) is 35.9. The topological polar surface area (TPSA) is 129 Å². The number of quaternary nitrogens is 1. The summed E-state index contributed by atoms with van der Waals surface area (Å²) in [7, 11) is 1.36. The lowest BCUT2D eigenvalue weighted by molar-refractivity contribution is -0.870. The van der Waals surface area contributed by atoms with E-state index in [4.69, 9.17) is 18.5 Å². The number of rotatable bonds is 36. The molecule has 0 heterocycles. The van der Waals surface area contributed by atoms with Crippen LogP contribution in [-0.4, -0.2) is 86.1 Å². The lowest BCUT2D eigenvalue weighted by Gasteiger charge is -2.24. The van der Waals surface area contributed by atoms with Gasteiger partial charge in [0.05, 0.1) is 33.9 Å². The molecule has 1 unspecified atom stereocenters. The highest BCUT2D eigenvalue weighted by Gasteiger charge is 2.27. The van der Waals surface area contributed by atoms with Crippen molar-refractivity contribution in [1.82, 2.24) is 0 Å². The van der Waals surface area contributed by atoms with E-state index in [0.717, 1.165) is 44.9 Å². The Morgan fingerprint density at radius 3 is 1.84 bits per heavy atom. The van der Waals surface area contributed by atoms with E-state index in [1.54, 1.807) is 6.08 Å². The first-order valence-electron chi connectivity index (χ1n) is 21.1. The fourth-order valence-electron chi connectivity index (χ4n) is 4.84. The van der Waals surface area contributed by atoms with Gasteiger partial charge in [-0.3, -0.25) is 18.6 Å². The summed E-state index contributed by atoms with van der Waals surface area (Å²) in [6.07, 6.45) is 44.9. The van der Waals surface area contributed by atoms with E-state index in [0.29, 0.717) is 43.1 Å². The molecule has 0 aromatic carbocycles. The highest BCUT2D eigenvalue weighted by Crippen LogP contribution is 2.43. The van der Waals surface area contributed by atoms with E-state index in [1.165, 1.54) is 19.3 Å². The number of aliphatic hydroxyl groups is 1. The maximum atomic E-state index is 12.7. The average Bonchev–Trinajstić information content (AvgIpc) is 3.15. The molecule has 0 saturated heterocycles. The number of hydrogen-bond acceptors (Lipinski definition) is 8. The predicted octanol–water partition coefficient (Wildman–Crippen LogP) is 10.8. The fourth-order valence-corrected chi connectivity index (χ4v) is 5.58. The summed E-state index contributed by atoms with van der Waals surface area (Å²) in [5, 5.41) is 10.1. The Hall–Kier alpha value is -3.11. The van der Waals surface area contributed by atoms with Crippen molar-refractivity contribution in [1.29, 1.82) is 0 Å². The second-order valence-electron chi connectivity index (χ2n) is 14.8. The molecule has 0 aliphatic rings. The number of esters is 2. The Morgan fingerprint density at radius 1 is 0.649 bits per heavy atom. The molecule has 0 rings (SSSR count). The standard InChI is InChI=1S/C46H76NO9P/c1-6-8-10-12-14-15-16-17-18-19-20-21-25-29-33-37-45(49)53-41-44(42-55-57(51,52)54-40-39-47(3,4)5)56-46(50)38-34-30-26-22-24-28-32-36-43(48)35-31-27-23-13-11-9-7-2/h8,10,14-15,17-18,20-23,26-28,31-32,35,43-44,48H,6-7,9,11-13,16,19,24-25,29-30,33-34,36-42H2,1-5H3/p+1/b10-8-,15-14-,18-17-,21-20-,26-22+,27-23-,32-28-,35-31-/t43-,44+/m0/s1. The average molecular weight is 819 g/mol. The van der Waals surface area contributed by atoms with Gasteiger partial charge in [0.25, 0.3) is 0 Å². The van der Waals surface area contributed by atoms with Gasteiger partial charge in [0, 0.05) is 12.8 Å². The molecule has 0 spiro atoms. The molecule has 324 valence electrons. The summed E-state index contributed by atoms with van der Waals surface area (Å²) in [5.41, 5.74) is 0. The summed E-state index contributed by atoms with van der Waals surface area (Å²) in [6.45, 7) is 4.03. The zero-order chi connectivity index (χ0) is 42.3. The number of aliphatic hydroxyl groups excluding tert-OH is 1. The van der Waals surface area contributed by atoms with Crippen molar-refractivity contribution < 1.29 is 47.2 Å². The van der Waals surface area contributed by atoms with E-state index < -0.39 is 38.6 Å². The van der Waals surface area contributed by atoms with Crippen LogP contribution in [0, 0.1) is 0 Å².